The first-order valence-electron chi connectivity index (χ1n) is 9.39. The molecular formula is C21H21BrF2N2O5. The van der Waals surface area contributed by atoms with Crippen LogP contribution in [-0.4, -0.2) is 68.6 Å². The normalized spacial score (nSPS) is 13.9. The summed E-state index contributed by atoms with van der Waals surface area (Å²) in [6.45, 7) is -1.91. The zero-order chi connectivity index (χ0) is 22.5. The zero-order valence-electron chi connectivity index (χ0n) is 16.9. The van der Waals surface area contributed by atoms with E-state index in [1.807, 2.05) is 0 Å². The van der Waals surface area contributed by atoms with Crippen molar-refractivity contribution < 1.29 is 32.6 Å². The van der Waals surface area contributed by atoms with E-state index in [9.17, 15) is 18.4 Å². The van der Waals surface area contributed by atoms with Crippen molar-refractivity contribution in [3.63, 3.8) is 0 Å². The van der Waals surface area contributed by atoms with E-state index in [0.717, 1.165) is 0 Å². The standard InChI is InChI=1S/C21H21BrF2N2O5/c1-29-16-11-13(12-17(30-2)18(16)22)19(27)25-7-9-26(10-8-25)20(28)14-5-3-4-6-15(14)31-21(23)24/h3-6,11-12,21H,7-10H2,1-2H3. The number of amides is 2. The summed E-state index contributed by atoms with van der Waals surface area (Å²) in [6.07, 6.45) is 0. The molecule has 0 saturated carbocycles. The van der Waals surface area contributed by atoms with E-state index < -0.39 is 12.5 Å². The number of piperazine rings is 1. The predicted octanol–water partition coefficient (Wildman–Crippen LogP) is 3.67. The minimum Gasteiger partial charge on any atom is -0.495 e. The average Bonchev–Trinajstić information content (AvgIpc) is 2.78. The fourth-order valence-electron chi connectivity index (χ4n) is 3.30. The van der Waals surface area contributed by atoms with E-state index >= 15 is 0 Å². The van der Waals surface area contributed by atoms with Gasteiger partial charge in [-0.05, 0) is 40.2 Å². The molecular weight excluding hydrogens is 478 g/mol. The van der Waals surface area contributed by atoms with Crippen molar-refractivity contribution in [2.24, 2.45) is 0 Å². The Morgan fingerprint density at radius 3 is 1.94 bits per heavy atom. The van der Waals surface area contributed by atoms with Crippen molar-refractivity contribution in [3.05, 3.63) is 52.0 Å². The van der Waals surface area contributed by atoms with Gasteiger partial charge in [0.05, 0.1) is 19.8 Å². The van der Waals surface area contributed by atoms with Gasteiger partial charge in [-0.3, -0.25) is 9.59 Å². The fraction of sp³-hybridized carbons (Fsp3) is 0.333. The highest BCUT2D eigenvalue weighted by Crippen LogP contribution is 2.36. The first-order valence-corrected chi connectivity index (χ1v) is 10.2. The summed E-state index contributed by atoms with van der Waals surface area (Å²) in [6, 6.07) is 9.10. The zero-order valence-corrected chi connectivity index (χ0v) is 18.5. The second-order valence-electron chi connectivity index (χ2n) is 6.65. The number of ether oxygens (including phenoxy) is 3. The van der Waals surface area contributed by atoms with Gasteiger partial charge in [-0.25, -0.2) is 0 Å². The van der Waals surface area contributed by atoms with Gasteiger partial charge in [0.15, 0.2) is 0 Å². The molecule has 2 amide bonds. The lowest BCUT2D eigenvalue weighted by molar-refractivity contribution is -0.0503. The van der Waals surface area contributed by atoms with Crippen molar-refractivity contribution in [3.8, 4) is 17.2 Å². The maximum Gasteiger partial charge on any atom is 0.387 e. The molecule has 1 heterocycles. The Bertz CT molecular complexity index is 940. The summed E-state index contributed by atoms with van der Waals surface area (Å²) in [4.78, 5) is 28.9. The smallest absolute Gasteiger partial charge is 0.387 e. The van der Waals surface area contributed by atoms with Crippen LogP contribution >= 0.6 is 15.9 Å². The number of alkyl halides is 2. The Morgan fingerprint density at radius 1 is 0.903 bits per heavy atom. The molecule has 1 aliphatic heterocycles. The quantitative estimate of drug-likeness (QED) is 0.607. The number of rotatable bonds is 6. The van der Waals surface area contributed by atoms with Crippen LogP contribution in [0.3, 0.4) is 0 Å². The molecule has 31 heavy (non-hydrogen) atoms. The molecule has 0 radical (unpaired) electrons. The number of hydrogen-bond donors (Lipinski definition) is 0. The Kier molecular flexibility index (Phi) is 7.32. The molecule has 0 bridgehead atoms. The highest BCUT2D eigenvalue weighted by atomic mass is 79.9. The van der Waals surface area contributed by atoms with E-state index in [1.54, 1.807) is 23.1 Å². The molecule has 0 unspecified atom stereocenters. The van der Waals surface area contributed by atoms with Gasteiger partial charge >= 0.3 is 6.61 Å². The SMILES string of the molecule is COc1cc(C(=O)N2CCN(C(=O)c3ccccc3OC(F)F)CC2)cc(OC)c1Br. The summed E-state index contributed by atoms with van der Waals surface area (Å²) in [5.74, 6) is 0.113. The molecule has 10 heteroatoms. The van der Waals surface area contributed by atoms with E-state index in [-0.39, 0.29) is 30.3 Å². The van der Waals surface area contributed by atoms with Gasteiger partial charge in [0.1, 0.15) is 21.7 Å². The molecule has 0 N–H and O–H groups in total. The molecule has 0 aromatic heterocycles. The Labute approximate surface area is 186 Å². The van der Waals surface area contributed by atoms with Gasteiger partial charge in [0, 0.05) is 31.7 Å². The number of methoxy groups -OCH3 is 2. The summed E-state index contributed by atoms with van der Waals surface area (Å²) >= 11 is 3.37. The van der Waals surface area contributed by atoms with Crippen molar-refractivity contribution in [1.29, 1.82) is 0 Å². The molecule has 1 fully saturated rings. The Morgan fingerprint density at radius 2 is 1.42 bits per heavy atom. The third kappa shape index (κ3) is 5.07. The third-order valence-electron chi connectivity index (χ3n) is 4.88. The van der Waals surface area contributed by atoms with Crippen LogP contribution in [0.4, 0.5) is 8.78 Å². The largest absolute Gasteiger partial charge is 0.495 e. The van der Waals surface area contributed by atoms with Crippen LogP contribution in [0.15, 0.2) is 40.9 Å². The number of benzene rings is 2. The number of para-hydroxylation sites is 1. The Balaban J connectivity index is 1.70. The van der Waals surface area contributed by atoms with Crippen molar-refractivity contribution in [2.75, 3.05) is 40.4 Å². The van der Waals surface area contributed by atoms with Crippen molar-refractivity contribution in [1.82, 2.24) is 9.80 Å². The van der Waals surface area contributed by atoms with E-state index in [4.69, 9.17) is 9.47 Å². The summed E-state index contributed by atoms with van der Waals surface area (Å²) in [5.41, 5.74) is 0.456. The number of halogens is 3. The average molecular weight is 499 g/mol. The van der Waals surface area contributed by atoms with Gasteiger partial charge < -0.3 is 24.0 Å². The van der Waals surface area contributed by atoms with Crippen LogP contribution in [-0.2, 0) is 0 Å². The lowest BCUT2D eigenvalue weighted by Gasteiger charge is -2.35. The number of carbonyl (C=O) groups is 2. The topological polar surface area (TPSA) is 68.3 Å². The van der Waals surface area contributed by atoms with Crippen LogP contribution in [0, 0.1) is 0 Å². The summed E-state index contributed by atoms with van der Waals surface area (Å²) in [7, 11) is 2.99. The maximum absolute atomic E-state index is 13.0. The molecule has 1 saturated heterocycles. The summed E-state index contributed by atoms with van der Waals surface area (Å²) < 4.78 is 40.9. The van der Waals surface area contributed by atoms with Gasteiger partial charge in [-0.2, -0.15) is 8.78 Å². The van der Waals surface area contributed by atoms with Crippen LogP contribution in [0.1, 0.15) is 20.7 Å². The van der Waals surface area contributed by atoms with Crippen molar-refractivity contribution >= 4 is 27.7 Å². The molecule has 3 rings (SSSR count). The van der Waals surface area contributed by atoms with E-state index in [0.29, 0.717) is 34.6 Å². The third-order valence-corrected chi connectivity index (χ3v) is 5.66. The predicted molar refractivity (Wildman–Crippen MR) is 112 cm³/mol. The van der Waals surface area contributed by atoms with Crippen LogP contribution < -0.4 is 14.2 Å². The first-order chi connectivity index (χ1) is 14.8. The molecule has 0 atom stereocenters. The van der Waals surface area contributed by atoms with E-state index in [2.05, 4.69) is 20.7 Å². The number of carbonyl (C=O) groups excluding carboxylic acids is 2. The maximum atomic E-state index is 13.0. The second kappa shape index (κ2) is 9.95. The molecule has 0 aliphatic carbocycles. The first kappa shape index (κ1) is 22.8. The van der Waals surface area contributed by atoms with E-state index in [1.165, 1.54) is 37.3 Å². The van der Waals surface area contributed by atoms with Gasteiger partial charge in [0.25, 0.3) is 11.8 Å². The highest BCUT2D eigenvalue weighted by molar-refractivity contribution is 9.10. The Hall–Kier alpha value is -2.88. The highest BCUT2D eigenvalue weighted by Gasteiger charge is 2.28. The number of nitrogens with zero attached hydrogens (tertiary/aromatic N) is 2. The summed E-state index contributed by atoms with van der Waals surface area (Å²) in [5, 5.41) is 0. The lowest BCUT2D eigenvalue weighted by atomic mass is 10.1. The number of hydrogen-bond acceptors (Lipinski definition) is 5. The van der Waals surface area contributed by atoms with Crippen LogP contribution in [0.25, 0.3) is 0 Å². The monoisotopic (exact) mass is 498 g/mol. The molecule has 7 nitrogen and oxygen atoms in total. The van der Waals surface area contributed by atoms with Gasteiger partial charge in [-0.1, -0.05) is 12.1 Å². The molecule has 0 spiro atoms. The molecule has 2 aromatic carbocycles. The molecule has 1 aliphatic rings. The minimum absolute atomic E-state index is 0.0601. The van der Waals surface area contributed by atoms with Gasteiger partial charge in [0.2, 0.25) is 0 Å². The molecule has 166 valence electrons. The van der Waals surface area contributed by atoms with Crippen LogP contribution in [0.5, 0.6) is 17.2 Å². The van der Waals surface area contributed by atoms with Gasteiger partial charge in [-0.15, -0.1) is 0 Å². The van der Waals surface area contributed by atoms with Crippen molar-refractivity contribution in [2.45, 2.75) is 6.61 Å². The van der Waals surface area contributed by atoms with Crippen LogP contribution in [0.2, 0.25) is 0 Å². The fourth-order valence-corrected chi connectivity index (χ4v) is 3.85. The second-order valence-corrected chi connectivity index (χ2v) is 7.45. The lowest BCUT2D eigenvalue weighted by Crippen LogP contribution is -2.50. The minimum atomic E-state index is -3.02. The molecule has 2 aromatic rings.